The first-order valence-corrected chi connectivity index (χ1v) is 11.1. The van der Waals surface area contributed by atoms with Crippen LogP contribution in [0.15, 0.2) is 36.0 Å². The highest BCUT2D eigenvalue weighted by Gasteiger charge is 2.17. The first-order valence-electron chi connectivity index (χ1n) is 10.7. The fourth-order valence-corrected chi connectivity index (χ4v) is 3.04. The Morgan fingerprint density at radius 3 is 2.67 bits per heavy atom. The highest BCUT2D eigenvalue weighted by Crippen LogP contribution is 2.20. The molecular weight excluding hydrogens is 446 g/mol. The van der Waals surface area contributed by atoms with Crippen molar-refractivity contribution in [3.05, 3.63) is 52.5 Å². The lowest BCUT2D eigenvalue weighted by atomic mass is 10.2. The number of carbonyl (C=O) groups excluding carboxylic acids is 2. The number of allylic oxidation sites excluding steroid dienone is 2. The largest absolute Gasteiger partial charge is 0.382 e. The van der Waals surface area contributed by atoms with Crippen LogP contribution in [-0.4, -0.2) is 55.0 Å². The van der Waals surface area contributed by atoms with Gasteiger partial charge in [-0.15, -0.1) is 0 Å². The van der Waals surface area contributed by atoms with E-state index in [-0.39, 0.29) is 17.5 Å². The second kappa shape index (κ2) is 13.6. The van der Waals surface area contributed by atoms with Gasteiger partial charge < -0.3 is 24.7 Å². The van der Waals surface area contributed by atoms with E-state index < -0.39 is 6.03 Å². The van der Waals surface area contributed by atoms with E-state index >= 15 is 0 Å². The number of nitrogens with one attached hydrogen (secondary N) is 3. The topological polar surface area (TPSA) is 107 Å². The molecule has 1 aromatic carbocycles. The molecule has 9 nitrogen and oxygen atoms in total. The fourth-order valence-electron chi connectivity index (χ4n) is 2.81. The Morgan fingerprint density at radius 1 is 1.18 bits per heavy atom. The summed E-state index contributed by atoms with van der Waals surface area (Å²) in [6.45, 7) is 8.27. The van der Waals surface area contributed by atoms with Crippen LogP contribution in [0, 0.1) is 6.92 Å². The number of benzene rings is 1. The maximum absolute atomic E-state index is 12.7. The number of urea groups is 1. The van der Waals surface area contributed by atoms with Crippen LogP contribution >= 0.6 is 11.6 Å². The summed E-state index contributed by atoms with van der Waals surface area (Å²) in [5.74, 6) is 0.163. The summed E-state index contributed by atoms with van der Waals surface area (Å²) in [7, 11) is 1.62. The Kier molecular flexibility index (Phi) is 10.9. The monoisotopic (exact) mass is 477 g/mol. The predicted molar refractivity (Wildman–Crippen MR) is 130 cm³/mol. The number of anilines is 2. The Labute approximate surface area is 199 Å². The van der Waals surface area contributed by atoms with Gasteiger partial charge in [0.1, 0.15) is 0 Å². The van der Waals surface area contributed by atoms with Crippen molar-refractivity contribution in [3.8, 4) is 0 Å². The number of hydrogen-bond acceptors (Lipinski definition) is 5. The van der Waals surface area contributed by atoms with Gasteiger partial charge in [-0.3, -0.25) is 10.1 Å². The maximum atomic E-state index is 12.7. The summed E-state index contributed by atoms with van der Waals surface area (Å²) in [6.07, 6.45) is 4.28. The number of carbonyl (C=O) groups is 2. The second-order valence-electron chi connectivity index (χ2n) is 7.64. The zero-order valence-electron chi connectivity index (χ0n) is 19.5. The molecule has 0 saturated carbocycles. The predicted octanol–water partition coefficient (Wildman–Crippen LogP) is 4.24. The molecule has 10 heteroatoms. The van der Waals surface area contributed by atoms with Crippen LogP contribution in [-0.2, 0) is 16.0 Å². The molecule has 1 aromatic heterocycles. The number of aryl methyl sites for hydroxylation is 1. The van der Waals surface area contributed by atoms with Gasteiger partial charge in [-0.1, -0.05) is 23.3 Å². The number of amides is 3. The lowest BCUT2D eigenvalue weighted by Gasteiger charge is -2.08. The van der Waals surface area contributed by atoms with Crippen LogP contribution in [0.3, 0.4) is 0 Å². The normalized spacial score (nSPS) is 10.6. The Morgan fingerprint density at radius 2 is 1.97 bits per heavy atom. The molecule has 2 rings (SSSR count). The van der Waals surface area contributed by atoms with Gasteiger partial charge >= 0.3 is 6.03 Å². The fraction of sp³-hybridized carbons (Fsp3) is 0.435. The number of rotatable bonds is 12. The van der Waals surface area contributed by atoms with Crippen LogP contribution < -0.4 is 16.0 Å². The van der Waals surface area contributed by atoms with E-state index in [0.717, 1.165) is 11.1 Å². The molecule has 3 N–H and O–H groups in total. The summed E-state index contributed by atoms with van der Waals surface area (Å²) in [5, 5.41) is 8.88. The molecule has 33 heavy (non-hydrogen) atoms. The van der Waals surface area contributed by atoms with Crippen LogP contribution in [0.4, 0.5) is 16.3 Å². The van der Waals surface area contributed by atoms with Gasteiger partial charge in [0, 0.05) is 43.7 Å². The van der Waals surface area contributed by atoms with Gasteiger partial charge in [0.25, 0.3) is 5.91 Å². The Hall–Kier alpha value is -2.88. The molecule has 0 radical (unpaired) electrons. The van der Waals surface area contributed by atoms with Crippen LogP contribution in [0.25, 0.3) is 0 Å². The quantitative estimate of drug-likeness (QED) is 0.313. The first kappa shape index (κ1) is 26.4. The average Bonchev–Trinajstić information content (AvgIpc) is 3.16. The Bertz CT molecular complexity index is 970. The molecule has 0 spiro atoms. The van der Waals surface area contributed by atoms with E-state index in [4.69, 9.17) is 21.1 Å². The number of hydrogen-bond donors (Lipinski definition) is 3. The van der Waals surface area contributed by atoms with Crippen LogP contribution in [0.1, 0.15) is 36.5 Å². The van der Waals surface area contributed by atoms with Crippen molar-refractivity contribution in [2.24, 2.45) is 0 Å². The number of nitrogens with zero attached hydrogens (tertiary/aromatic N) is 2. The molecular formula is C23H32ClN5O4. The third-order valence-electron chi connectivity index (χ3n) is 4.54. The average molecular weight is 478 g/mol. The van der Waals surface area contributed by atoms with Gasteiger partial charge in [0.05, 0.1) is 13.2 Å². The number of halogens is 1. The van der Waals surface area contributed by atoms with E-state index in [2.05, 4.69) is 20.9 Å². The highest BCUT2D eigenvalue weighted by molar-refractivity contribution is 6.30. The van der Waals surface area contributed by atoms with Gasteiger partial charge in [-0.25, -0.2) is 9.78 Å². The summed E-state index contributed by atoms with van der Waals surface area (Å²) < 4.78 is 12.0. The van der Waals surface area contributed by atoms with Crippen molar-refractivity contribution in [1.82, 2.24) is 14.9 Å². The van der Waals surface area contributed by atoms with E-state index in [1.165, 1.54) is 0 Å². The molecule has 0 aliphatic carbocycles. The minimum atomic E-state index is -0.465. The van der Waals surface area contributed by atoms with Gasteiger partial charge in [-0.05, 0) is 51.0 Å². The van der Waals surface area contributed by atoms with E-state index in [9.17, 15) is 9.59 Å². The molecule has 0 bridgehead atoms. The summed E-state index contributed by atoms with van der Waals surface area (Å²) in [6, 6.07) is 4.72. The molecule has 0 aliphatic rings. The van der Waals surface area contributed by atoms with Gasteiger partial charge in [0.15, 0.2) is 5.82 Å². The van der Waals surface area contributed by atoms with Crippen LogP contribution in [0.2, 0.25) is 5.02 Å². The lowest BCUT2D eigenvalue weighted by molar-refractivity contribution is 0.0687. The van der Waals surface area contributed by atoms with E-state index in [1.54, 1.807) is 36.1 Å². The number of aromatic nitrogens is 2. The molecule has 2 aromatic rings. The molecule has 0 unspecified atom stereocenters. The smallest absolute Gasteiger partial charge is 0.324 e. The number of methoxy groups -OCH3 is 1. The number of imidazole rings is 1. The summed E-state index contributed by atoms with van der Waals surface area (Å²) in [5.41, 5.74) is 2.57. The van der Waals surface area contributed by atoms with E-state index in [1.807, 2.05) is 26.8 Å². The zero-order chi connectivity index (χ0) is 24.2. The van der Waals surface area contributed by atoms with Crippen molar-refractivity contribution < 1.29 is 19.1 Å². The highest BCUT2D eigenvalue weighted by atomic mass is 35.5. The molecule has 1 heterocycles. The Balaban J connectivity index is 2.01. The maximum Gasteiger partial charge on any atom is 0.324 e. The minimum absolute atomic E-state index is 0.214. The lowest BCUT2D eigenvalue weighted by Crippen LogP contribution is -2.28. The SMILES string of the molecule is COCCOCCCNC(=O)c1nc(NC(=O)Nc2ccc(Cl)cc2C)cn1CC=C(C)C. The molecule has 0 saturated heterocycles. The molecule has 180 valence electrons. The van der Waals surface area contributed by atoms with Crippen molar-refractivity contribution >= 4 is 35.0 Å². The molecule has 0 fully saturated rings. The van der Waals surface area contributed by atoms with Crippen molar-refractivity contribution in [2.45, 2.75) is 33.7 Å². The second-order valence-corrected chi connectivity index (χ2v) is 8.07. The standard InChI is InChI=1S/C23H32ClN5O4/c1-16(2)8-10-29-15-20(28-23(31)26-19-7-6-18(24)14-17(19)3)27-21(29)22(30)25-9-5-11-33-13-12-32-4/h6-8,14-15H,5,9-13H2,1-4H3,(H,25,30)(H2,26,28,31). The van der Waals surface area contributed by atoms with Crippen molar-refractivity contribution in [2.75, 3.05) is 44.1 Å². The third-order valence-corrected chi connectivity index (χ3v) is 4.77. The van der Waals surface area contributed by atoms with Gasteiger partial charge in [0.2, 0.25) is 5.82 Å². The first-order chi connectivity index (χ1) is 15.8. The zero-order valence-corrected chi connectivity index (χ0v) is 20.3. The summed E-state index contributed by atoms with van der Waals surface area (Å²) in [4.78, 5) is 29.5. The third kappa shape index (κ3) is 9.25. The van der Waals surface area contributed by atoms with Crippen molar-refractivity contribution in [3.63, 3.8) is 0 Å². The molecule has 3 amide bonds. The minimum Gasteiger partial charge on any atom is -0.382 e. The summed E-state index contributed by atoms with van der Waals surface area (Å²) >= 11 is 5.96. The van der Waals surface area contributed by atoms with Crippen LogP contribution in [0.5, 0.6) is 0 Å². The van der Waals surface area contributed by atoms with Crippen molar-refractivity contribution in [1.29, 1.82) is 0 Å². The number of ether oxygens (including phenoxy) is 2. The van der Waals surface area contributed by atoms with Gasteiger partial charge in [-0.2, -0.15) is 0 Å². The van der Waals surface area contributed by atoms with E-state index in [0.29, 0.717) is 50.0 Å². The molecule has 0 atom stereocenters. The molecule has 0 aliphatic heterocycles.